The van der Waals surface area contributed by atoms with Gasteiger partial charge in [0, 0.05) is 15.6 Å². The Balaban J connectivity index is 1.83. The fourth-order valence-electron chi connectivity index (χ4n) is 2.90. The molecule has 172 valence electrons. The molecule has 0 heterocycles. The van der Waals surface area contributed by atoms with Crippen molar-refractivity contribution in [1.82, 2.24) is 0 Å². The zero-order chi connectivity index (χ0) is 24.7. The first kappa shape index (κ1) is 24.8. The number of hydrogen-bond acceptors (Lipinski definition) is 6. The molecular weight excluding hydrogens is 526 g/mol. The molecule has 0 spiro atoms. The fraction of sp³-hybridized carbons (Fsp3) is 0.0833. The number of methoxy groups -OCH3 is 1. The number of amides is 1. The first-order valence-corrected chi connectivity index (χ1v) is 10.9. The van der Waals surface area contributed by atoms with Crippen molar-refractivity contribution in [2.75, 3.05) is 12.4 Å². The summed E-state index contributed by atoms with van der Waals surface area (Å²) in [5.41, 5.74) is 0.727. The van der Waals surface area contributed by atoms with Crippen molar-refractivity contribution >= 4 is 50.9 Å². The Labute approximate surface area is 208 Å². The molecule has 0 aromatic heterocycles. The van der Waals surface area contributed by atoms with Gasteiger partial charge in [0.05, 0.1) is 12.0 Å². The number of nitrogens with zero attached hydrogens (tertiary/aromatic N) is 2. The van der Waals surface area contributed by atoms with Crippen LogP contribution in [-0.4, -0.2) is 17.9 Å². The van der Waals surface area contributed by atoms with Crippen LogP contribution in [0, 0.1) is 21.4 Å². The van der Waals surface area contributed by atoms with E-state index in [0.29, 0.717) is 17.1 Å². The van der Waals surface area contributed by atoms with Crippen molar-refractivity contribution in [2.45, 2.75) is 6.61 Å². The van der Waals surface area contributed by atoms with Crippen LogP contribution < -0.4 is 14.8 Å². The molecule has 0 fully saturated rings. The van der Waals surface area contributed by atoms with Crippen molar-refractivity contribution in [3.8, 4) is 17.6 Å². The maximum atomic E-state index is 12.6. The van der Waals surface area contributed by atoms with Gasteiger partial charge in [-0.25, -0.2) is 0 Å². The van der Waals surface area contributed by atoms with Crippen molar-refractivity contribution in [2.24, 2.45) is 0 Å². The molecule has 0 unspecified atom stereocenters. The van der Waals surface area contributed by atoms with E-state index in [1.165, 1.54) is 25.3 Å². The zero-order valence-electron chi connectivity index (χ0n) is 17.7. The average molecular weight is 543 g/mol. The van der Waals surface area contributed by atoms with Gasteiger partial charge in [-0.15, -0.1) is 0 Å². The fourth-order valence-corrected chi connectivity index (χ4v) is 3.33. The summed E-state index contributed by atoms with van der Waals surface area (Å²) in [4.78, 5) is 23.2. The Morgan fingerprint density at radius 3 is 2.56 bits per heavy atom. The van der Waals surface area contributed by atoms with Crippen molar-refractivity contribution < 1.29 is 19.2 Å². The second-order valence-corrected chi connectivity index (χ2v) is 8.22. The van der Waals surface area contributed by atoms with Crippen LogP contribution in [0.2, 0.25) is 5.02 Å². The van der Waals surface area contributed by atoms with Crippen LogP contribution in [-0.2, 0) is 11.4 Å². The molecular formula is C24H17BrClN3O5. The van der Waals surface area contributed by atoms with Crippen LogP contribution in [0.1, 0.15) is 11.1 Å². The van der Waals surface area contributed by atoms with Gasteiger partial charge >= 0.3 is 0 Å². The van der Waals surface area contributed by atoms with Gasteiger partial charge in [0.1, 0.15) is 23.9 Å². The van der Waals surface area contributed by atoms with E-state index < -0.39 is 10.8 Å². The summed E-state index contributed by atoms with van der Waals surface area (Å²) in [5.74, 6) is 0.0975. The lowest BCUT2D eigenvalue weighted by Crippen LogP contribution is -2.14. The van der Waals surface area contributed by atoms with E-state index in [1.807, 2.05) is 30.3 Å². The highest BCUT2D eigenvalue weighted by Gasteiger charge is 2.19. The summed E-state index contributed by atoms with van der Waals surface area (Å²) in [5, 5.41) is 23.3. The number of hydrogen-bond donors (Lipinski definition) is 1. The first-order valence-electron chi connectivity index (χ1n) is 9.73. The van der Waals surface area contributed by atoms with Crippen LogP contribution in [0.15, 0.2) is 70.7 Å². The third-order valence-electron chi connectivity index (χ3n) is 4.58. The molecule has 0 aliphatic rings. The maximum absolute atomic E-state index is 12.6. The molecule has 0 radical (unpaired) electrons. The van der Waals surface area contributed by atoms with E-state index in [2.05, 4.69) is 21.2 Å². The van der Waals surface area contributed by atoms with Gasteiger partial charge in [-0.05, 0) is 53.6 Å². The number of carbonyl (C=O) groups is 1. The Morgan fingerprint density at radius 1 is 1.18 bits per heavy atom. The van der Waals surface area contributed by atoms with Gasteiger partial charge in [-0.2, -0.15) is 5.26 Å². The highest BCUT2D eigenvalue weighted by Crippen LogP contribution is 2.31. The van der Waals surface area contributed by atoms with Gasteiger partial charge in [0.25, 0.3) is 11.6 Å². The normalized spacial score (nSPS) is 10.8. The summed E-state index contributed by atoms with van der Waals surface area (Å²) in [7, 11) is 1.50. The lowest BCUT2D eigenvalue weighted by molar-refractivity contribution is -0.383. The predicted octanol–water partition coefficient (Wildman–Crippen LogP) is 6.14. The number of ether oxygens (including phenoxy) is 2. The molecule has 34 heavy (non-hydrogen) atoms. The molecule has 3 aromatic carbocycles. The lowest BCUT2D eigenvalue weighted by atomic mass is 10.1. The molecule has 10 heteroatoms. The molecule has 3 rings (SSSR count). The van der Waals surface area contributed by atoms with Crippen LogP contribution >= 0.6 is 27.5 Å². The highest BCUT2D eigenvalue weighted by atomic mass is 79.9. The lowest BCUT2D eigenvalue weighted by Gasteiger charge is -2.12. The van der Waals surface area contributed by atoms with E-state index in [-0.39, 0.29) is 28.6 Å². The van der Waals surface area contributed by atoms with E-state index in [4.69, 9.17) is 21.1 Å². The van der Waals surface area contributed by atoms with E-state index >= 15 is 0 Å². The van der Waals surface area contributed by atoms with E-state index in [0.717, 1.165) is 16.1 Å². The van der Waals surface area contributed by atoms with Crippen LogP contribution in [0.5, 0.6) is 11.5 Å². The van der Waals surface area contributed by atoms with Crippen molar-refractivity contribution in [3.63, 3.8) is 0 Å². The number of rotatable bonds is 8. The summed E-state index contributed by atoms with van der Waals surface area (Å²) < 4.78 is 12.2. The predicted molar refractivity (Wildman–Crippen MR) is 132 cm³/mol. The van der Waals surface area contributed by atoms with Gasteiger partial charge in [0.15, 0.2) is 11.5 Å². The molecule has 0 atom stereocenters. The highest BCUT2D eigenvalue weighted by molar-refractivity contribution is 9.10. The number of carbonyl (C=O) groups excluding carboxylic acids is 1. The minimum Gasteiger partial charge on any atom is -0.493 e. The summed E-state index contributed by atoms with van der Waals surface area (Å²) in [6.45, 7) is 0.280. The standard InChI is InChI=1S/C24H17BrClN3O5/c1-33-22-9-4-16(11-23(22)34-14-15-2-5-18(25)6-3-15)10-17(13-27)24(30)28-20-8-7-19(26)12-21(20)29(31)32/h2-12H,14H2,1H3,(H,28,30)/b17-10-. The van der Waals surface area contributed by atoms with Crippen molar-refractivity contribution in [3.05, 3.63) is 97.0 Å². The Bertz CT molecular complexity index is 1300. The molecule has 3 aromatic rings. The molecule has 0 saturated heterocycles. The molecule has 0 saturated carbocycles. The number of nitriles is 1. The molecule has 0 bridgehead atoms. The second-order valence-electron chi connectivity index (χ2n) is 6.87. The number of nitrogens with one attached hydrogen (secondary N) is 1. The number of benzene rings is 3. The third kappa shape index (κ3) is 6.34. The Kier molecular flexibility index (Phi) is 8.24. The van der Waals surface area contributed by atoms with E-state index in [9.17, 15) is 20.2 Å². The molecule has 0 aliphatic carbocycles. The topological polar surface area (TPSA) is 114 Å². The van der Waals surface area contributed by atoms with Gasteiger partial charge in [-0.3, -0.25) is 14.9 Å². The SMILES string of the molecule is COc1ccc(/C=C(/C#N)C(=O)Nc2ccc(Cl)cc2[N+](=O)[O-])cc1OCc1ccc(Br)cc1. The Morgan fingerprint density at radius 2 is 1.91 bits per heavy atom. The van der Waals surface area contributed by atoms with Crippen LogP contribution in [0.25, 0.3) is 6.08 Å². The number of nitro groups is 1. The molecule has 0 aliphatic heterocycles. The van der Waals surface area contributed by atoms with Gasteiger partial charge < -0.3 is 14.8 Å². The minimum atomic E-state index is -0.805. The van der Waals surface area contributed by atoms with E-state index in [1.54, 1.807) is 18.2 Å². The molecule has 8 nitrogen and oxygen atoms in total. The van der Waals surface area contributed by atoms with Crippen LogP contribution in [0.3, 0.4) is 0 Å². The Hall–Kier alpha value is -3.87. The number of halogens is 2. The van der Waals surface area contributed by atoms with Gasteiger partial charge in [0.2, 0.25) is 0 Å². The quantitative estimate of drug-likeness (QED) is 0.158. The number of anilines is 1. The van der Waals surface area contributed by atoms with Crippen molar-refractivity contribution in [1.29, 1.82) is 5.26 Å². The summed E-state index contributed by atoms with van der Waals surface area (Å²) >= 11 is 9.19. The van der Waals surface area contributed by atoms with Gasteiger partial charge in [-0.1, -0.05) is 45.7 Å². The zero-order valence-corrected chi connectivity index (χ0v) is 20.1. The smallest absolute Gasteiger partial charge is 0.294 e. The first-order chi connectivity index (χ1) is 16.3. The third-order valence-corrected chi connectivity index (χ3v) is 5.34. The maximum Gasteiger partial charge on any atom is 0.294 e. The van der Waals surface area contributed by atoms with Crippen LogP contribution in [0.4, 0.5) is 11.4 Å². The number of nitro benzene ring substituents is 1. The summed E-state index contributed by atoms with van der Waals surface area (Å²) in [6, 6.07) is 18.2. The molecule has 1 N–H and O–H groups in total. The molecule has 1 amide bonds. The second kappa shape index (κ2) is 11.3. The minimum absolute atomic E-state index is 0.0752. The largest absolute Gasteiger partial charge is 0.493 e. The average Bonchev–Trinajstić information content (AvgIpc) is 2.83. The monoisotopic (exact) mass is 541 g/mol. The summed E-state index contributed by atoms with van der Waals surface area (Å²) in [6.07, 6.45) is 1.35.